The Hall–Kier alpha value is -2.91. The molecule has 1 N–H and O–H groups in total. The number of hydrogen-bond acceptors (Lipinski definition) is 5. The molecule has 35 heavy (non-hydrogen) atoms. The number of rotatable bonds is 10. The molecule has 0 bridgehead atoms. The highest BCUT2D eigenvalue weighted by Crippen LogP contribution is 2.25. The van der Waals surface area contributed by atoms with Gasteiger partial charge in [0, 0.05) is 22.2 Å². The molecule has 0 atom stereocenters. The van der Waals surface area contributed by atoms with Crippen LogP contribution >= 0.6 is 23.2 Å². The van der Waals surface area contributed by atoms with Crippen LogP contribution < -0.4 is 10.2 Å². The fourth-order valence-electron chi connectivity index (χ4n) is 3.17. The zero-order valence-corrected chi connectivity index (χ0v) is 21.6. The van der Waals surface area contributed by atoms with Gasteiger partial charge < -0.3 is 4.74 Å². The van der Waals surface area contributed by atoms with Crippen LogP contribution in [0.5, 0.6) is 5.75 Å². The smallest absolute Gasteiger partial charge is 0.255 e. The summed E-state index contributed by atoms with van der Waals surface area (Å²) in [5, 5.41) is 4.69. The molecular weight excluding hydrogens is 509 g/mol. The molecule has 3 rings (SSSR count). The minimum Gasteiger partial charge on any atom is -0.493 e. The first-order valence-corrected chi connectivity index (χ1v) is 12.9. The molecule has 1 amide bonds. The molecule has 0 radical (unpaired) electrons. The normalized spacial score (nSPS) is 11.7. The highest BCUT2D eigenvalue weighted by Gasteiger charge is 2.27. The van der Waals surface area contributed by atoms with Crippen molar-refractivity contribution in [1.82, 2.24) is 9.73 Å². The standard InChI is InChI=1S/C25H25Cl2N3O4S/c1-3-34-24-7-5-4-6-19(24)15-28-29-25(31)17-30(16-20-10-11-21(26)14-23(20)27)35(32,33)22-12-8-18(2)9-13-22/h4-15H,3,16-17H2,1-2H3,(H,29,31)/b28-15-. The number of carbonyl (C=O) groups is 1. The van der Waals surface area contributed by atoms with E-state index in [1.165, 1.54) is 24.4 Å². The first-order chi connectivity index (χ1) is 16.7. The maximum absolute atomic E-state index is 13.4. The van der Waals surface area contributed by atoms with Gasteiger partial charge in [-0.1, -0.05) is 59.1 Å². The minimum absolute atomic E-state index is 0.0649. The maximum atomic E-state index is 13.4. The molecule has 0 heterocycles. The molecule has 0 aliphatic heterocycles. The van der Waals surface area contributed by atoms with Crippen molar-refractivity contribution in [2.24, 2.45) is 5.10 Å². The molecule has 0 unspecified atom stereocenters. The van der Waals surface area contributed by atoms with E-state index in [0.29, 0.717) is 33.5 Å². The molecule has 10 heteroatoms. The summed E-state index contributed by atoms with van der Waals surface area (Å²) in [6.45, 7) is 3.61. The fourth-order valence-corrected chi connectivity index (χ4v) is 5.01. The number of benzene rings is 3. The third-order valence-corrected chi connectivity index (χ3v) is 7.35. The monoisotopic (exact) mass is 533 g/mol. The van der Waals surface area contributed by atoms with E-state index in [-0.39, 0.29) is 11.4 Å². The quantitative estimate of drug-likeness (QED) is 0.292. The largest absolute Gasteiger partial charge is 0.493 e. The molecule has 3 aromatic rings. The average Bonchev–Trinajstić information content (AvgIpc) is 2.82. The van der Waals surface area contributed by atoms with Crippen molar-refractivity contribution < 1.29 is 17.9 Å². The van der Waals surface area contributed by atoms with Crippen molar-refractivity contribution in [2.75, 3.05) is 13.2 Å². The highest BCUT2D eigenvalue weighted by molar-refractivity contribution is 7.89. The Bertz CT molecular complexity index is 1310. The molecule has 0 spiro atoms. The van der Waals surface area contributed by atoms with E-state index >= 15 is 0 Å². The Labute approximate surface area is 215 Å². The number of carbonyl (C=O) groups excluding carboxylic acids is 1. The lowest BCUT2D eigenvalue weighted by Crippen LogP contribution is -2.39. The van der Waals surface area contributed by atoms with Crippen LogP contribution in [-0.2, 0) is 21.4 Å². The molecule has 7 nitrogen and oxygen atoms in total. The summed E-state index contributed by atoms with van der Waals surface area (Å²) in [6, 6.07) is 18.4. The third-order valence-electron chi connectivity index (χ3n) is 4.95. The van der Waals surface area contributed by atoms with Gasteiger partial charge in [0.25, 0.3) is 5.91 Å². The molecule has 3 aromatic carbocycles. The number of hydrazone groups is 1. The third kappa shape index (κ3) is 7.29. The van der Waals surface area contributed by atoms with Crippen molar-refractivity contribution >= 4 is 45.3 Å². The van der Waals surface area contributed by atoms with E-state index < -0.39 is 22.5 Å². The fraction of sp³-hybridized carbons (Fsp3) is 0.200. The van der Waals surface area contributed by atoms with Crippen LogP contribution in [0.1, 0.15) is 23.6 Å². The average molecular weight is 534 g/mol. The summed E-state index contributed by atoms with van der Waals surface area (Å²) >= 11 is 12.2. The summed E-state index contributed by atoms with van der Waals surface area (Å²) in [6.07, 6.45) is 1.44. The number of hydrogen-bond donors (Lipinski definition) is 1. The van der Waals surface area contributed by atoms with Gasteiger partial charge in [-0.05, 0) is 55.8 Å². The molecule has 0 aromatic heterocycles. The number of halogens is 2. The molecule has 0 aliphatic rings. The lowest BCUT2D eigenvalue weighted by Gasteiger charge is -2.22. The molecular formula is C25H25Cl2N3O4S. The van der Waals surface area contributed by atoms with E-state index in [2.05, 4.69) is 10.5 Å². The van der Waals surface area contributed by atoms with Crippen molar-refractivity contribution in [3.63, 3.8) is 0 Å². The van der Waals surface area contributed by atoms with Gasteiger partial charge in [-0.15, -0.1) is 0 Å². The Balaban J connectivity index is 1.82. The molecule has 0 saturated carbocycles. The number of ether oxygens (including phenoxy) is 1. The predicted octanol–water partition coefficient (Wildman–Crippen LogP) is 5.04. The van der Waals surface area contributed by atoms with Crippen LogP contribution in [0.4, 0.5) is 0 Å². The SMILES string of the molecule is CCOc1ccccc1/C=N\NC(=O)CN(Cc1ccc(Cl)cc1Cl)S(=O)(=O)c1ccc(C)cc1. The number of amides is 1. The van der Waals surface area contributed by atoms with Crippen LogP contribution in [-0.4, -0.2) is 38.0 Å². The Kier molecular flexibility index (Phi) is 9.28. The van der Waals surface area contributed by atoms with Gasteiger partial charge in [0.1, 0.15) is 5.75 Å². The van der Waals surface area contributed by atoms with Gasteiger partial charge in [0.15, 0.2) is 0 Å². The lowest BCUT2D eigenvalue weighted by atomic mass is 10.2. The second kappa shape index (κ2) is 12.2. The van der Waals surface area contributed by atoms with Gasteiger partial charge in [0.05, 0.1) is 24.3 Å². The molecule has 0 fully saturated rings. The van der Waals surface area contributed by atoms with Gasteiger partial charge in [-0.25, -0.2) is 13.8 Å². The lowest BCUT2D eigenvalue weighted by molar-refractivity contribution is -0.121. The number of nitrogens with one attached hydrogen (secondary N) is 1. The van der Waals surface area contributed by atoms with Gasteiger partial charge in [-0.2, -0.15) is 9.41 Å². The first kappa shape index (κ1) is 26.7. The zero-order chi connectivity index (χ0) is 25.4. The van der Waals surface area contributed by atoms with Crippen molar-refractivity contribution in [3.05, 3.63) is 93.5 Å². The first-order valence-electron chi connectivity index (χ1n) is 10.7. The summed E-state index contributed by atoms with van der Waals surface area (Å²) in [5.74, 6) is 0.00451. The Morgan fingerprint density at radius 1 is 1.09 bits per heavy atom. The summed E-state index contributed by atoms with van der Waals surface area (Å²) in [7, 11) is -4.02. The topological polar surface area (TPSA) is 88.1 Å². The molecule has 0 aliphatic carbocycles. The van der Waals surface area contributed by atoms with Gasteiger partial charge in [-0.3, -0.25) is 4.79 Å². The van der Waals surface area contributed by atoms with E-state index in [1.807, 2.05) is 26.0 Å². The van der Waals surface area contributed by atoms with Crippen molar-refractivity contribution in [3.8, 4) is 5.75 Å². The number of sulfonamides is 1. The van der Waals surface area contributed by atoms with Crippen LogP contribution in [0.15, 0.2) is 76.7 Å². The van der Waals surface area contributed by atoms with Crippen LogP contribution in [0.2, 0.25) is 10.0 Å². The molecule has 184 valence electrons. The predicted molar refractivity (Wildman–Crippen MR) is 139 cm³/mol. The van der Waals surface area contributed by atoms with Gasteiger partial charge in [0.2, 0.25) is 10.0 Å². The van der Waals surface area contributed by atoms with E-state index in [9.17, 15) is 13.2 Å². The van der Waals surface area contributed by atoms with Crippen molar-refractivity contribution in [2.45, 2.75) is 25.3 Å². The van der Waals surface area contributed by atoms with E-state index in [4.69, 9.17) is 27.9 Å². The molecule has 0 saturated heterocycles. The number of aryl methyl sites for hydroxylation is 1. The highest BCUT2D eigenvalue weighted by atomic mass is 35.5. The summed E-state index contributed by atoms with van der Waals surface area (Å²) < 4.78 is 33.4. The van der Waals surface area contributed by atoms with E-state index in [1.54, 1.807) is 36.4 Å². The summed E-state index contributed by atoms with van der Waals surface area (Å²) in [5.41, 5.74) is 4.48. The Morgan fingerprint density at radius 3 is 2.49 bits per heavy atom. The van der Waals surface area contributed by atoms with Crippen LogP contribution in [0, 0.1) is 6.92 Å². The zero-order valence-electron chi connectivity index (χ0n) is 19.2. The number of nitrogens with zero attached hydrogens (tertiary/aromatic N) is 2. The van der Waals surface area contributed by atoms with Crippen molar-refractivity contribution in [1.29, 1.82) is 0 Å². The number of para-hydroxylation sites is 1. The maximum Gasteiger partial charge on any atom is 0.255 e. The van der Waals surface area contributed by atoms with Crippen LogP contribution in [0.3, 0.4) is 0 Å². The minimum atomic E-state index is -4.02. The summed E-state index contributed by atoms with van der Waals surface area (Å²) in [4.78, 5) is 12.8. The van der Waals surface area contributed by atoms with Gasteiger partial charge >= 0.3 is 0 Å². The van der Waals surface area contributed by atoms with Crippen LogP contribution in [0.25, 0.3) is 0 Å². The van der Waals surface area contributed by atoms with E-state index in [0.717, 1.165) is 9.87 Å². The Morgan fingerprint density at radius 2 is 1.80 bits per heavy atom. The second-order valence-electron chi connectivity index (χ2n) is 7.59. The second-order valence-corrected chi connectivity index (χ2v) is 10.4.